The predicted octanol–water partition coefficient (Wildman–Crippen LogP) is -1.18. The maximum absolute atomic E-state index is 5.11. The van der Waals surface area contributed by atoms with E-state index in [0.717, 1.165) is 17.1 Å². The van der Waals surface area contributed by atoms with E-state index >= 15 is 0 Å². The maximum atomic E-state index is 5.11. The maximum Gasteiger partial charge on any atom is 1.00 e. The van der Waals surface area contributed by atoms with Gasteiger partial charge in [-0.05, 0) is 0 Å². The zero-order chi connectivity index (χ0) is 8.27. The molecule has 0 aromatic heterocycles. The summed E-state index contributed by atoms with van der Waals surface area (Å²) in [5.74, 6) is 1.51. The van der Waals surface area contributed by atoms with E-state index in [-0.39, 0.29) is 18.9 Å². The molecule has 0 N–H and O–H groups in total. The van der Waals surface area contributed by atoms with Crippen LogP contribution in [0.4, 0.5) is 0 Å². The van der Waals surface area contributed by atoms with E-state index in [9.17, 15) is 0 Å². The topological polar surface area (TPSA) is 18.5 Å². The minimum absolute atomic E-state index is 0. The first kappa shape index (κ1) is 11.4. The van der Waals surface area contributed by atoms with Gasteiger partial charge in [-0.3, -0.25) is 0 Å². The second-order valence-electron chi connectivity index (χ2n) is 2.20. The molecule has 60 valence electrons. The van der Waals surface area contributed by atoms with Gasteiger partial charge in [-0.25, -0.2) is 0 Å². The zero-order valence-corrected chi connectivity index (χ0v) is 7.97. The van der Waals surface area contributed by atoms with Gasteiger partial charge in [-0.15, -0.1) is 11.6 Å². The molecule has 1 aromatic rings. The number of ether oxygens (including phenoxy) is 2. The first-order valence-corrected chi connectivity index (χ1v) is 3.39. The van der Waals surface area contributed by atoms with Crippen molar-refractivity contribution in [3.05, 3.63) is 23.8 Å². The number of aryl methyl sites for hydroxylation is 1. The Hall–Kier alpha value is -0.583. The average Bonchev–Trinajstić information content (AvgIpc) is 2.04. The van der Waals surface area contributed by atoms with Crippen LogP contribution in [0.2, 0.25) is 0 Å². The van der Waals surface area contributed by atoms with Gasteiger partial charge < -0.3 is 9.47 Å². The van der Waals surface area contributed by atoms with Crippen LogP contribution in [0.5, 0.6) is 11.5 Å². The van der Waals surface area contributed by atoms with Crippen LogP contribution in [0.15, 0.2) is 12.1 Å². The minimum Gasteiger partial charge on any atom is -0.550 e. The van der Waals surface area contributed by atoms with Gasteiger partial charge in [0.1, 0.15) is 0 Å². The Labute approximate surface area is 85.1 Å². The largest absolute Gasteiger partial charge is 1.00 e. The summed E-state index contributed by atoms with van der Waals surface area (Å²) < 4.78 is 10.2. The third-order valence-corrected chi connectivity index (χ3v) is 1.52. The van der Waals surface area contributed by atoms with E-state index in [2.05, 4.69) is 6.07 Å². The molecule has 0 saturated heterocycles. The second kappa shape index (κ2) is 5.13. The normalized spacial score (nSPS) is 8.58. The molecule has 2 nitrogen and oxygen atoms in total. The van der Waals surface area contributed by atoms with Crippen LogP contribution in [0.25, 0.3) is 0 Å². The molecule has 1 aromatic carbocycles. The van der Waals surface area contributed by atoms with Gasteiger partial charge in [0.25, 0.3) is 0 Å². The van der Waals surface area contributed by atoms with E-state index in [1.54, 1.807) is 14.2 Å². The summed E-state index contributed by atoms with van der Waals surface area (Å²) in [5, 5.41) is 0. The second-order valence-corrected chi connectivity index (χ2v) is 2.20. The van der Waals surface area contributed by atoms with Gasteiger partial charge >= 0.3 is 18.9 Å². The van der Waals surface area contributed by atoms with Gasteiger partial charge in [-0.2, -0.15) is 12.1 Å². The molecular formula is C9H11LiO2. The molecule has 0 fully saturated rings. The Morgan fingerprint density at radius 3 is 2.33 bits per heavy atom. The van der Waals surface area contributed by atoms with Crippen molar-refractivity contribution in [2.24, 2.45) is 0 Å². The fourth-order valence-corrected chi connectivity index (χ4v) is 0.983. The first-order chi connectivity index (χ1) is 5.29. The summed E-state index contributed by atoms with van der Waals surface area (Å²) in [6.07, 6.45) is 0. The number of hydrogen-bond acceptors (Lipinski definition) is 2. The molecule has 3 heteroatoms. The number of rotatable bonds is 2. The standard InChI is InChI=1S/C9H11O2.Li/c1-7-5-4-6-8(10-2)9(7)11-3;/h4,6H,1-3H3;/q-1;+1. The minimum atomic E-state index is 0. The van der Waals surface area contributed by atoms with Crippen molar-refractivity contribution in [2.45, 2.75) is 6.92 Å². The zero-order valence-electron chi connectivity index (χ0n) is 7.97. The summed E-state index contributed by atoms with van der Waals surface area (Å²) in [7, 11) is 3.25. The Morgan fingerprint density at radius 1 is 1.25 bits per heavy atom. The van der Waals surface area contributed by atoms with Crippen molar-refractivity contribution in [1.29, 1.82) is 0 Å². The van der Waals surface area contributed by atoms with E-state index in [1.165, 1.54) is 0 Å². The van der Waals surface area contributed by atoms with Gasteiger partial charge in [0.2, 0.25) is 0 Å². The van der Waals surface area contributed by atoms with Crippen molar-refractivity contribution >= 4 is 0 Å². The summed E-state index contributed by atoms with van der Waals surface area (Å²) >= 11 is 0. The first-order valence-electron chi connectivity index (χ1n) is 3.39. The molecule has 0 bridgehead atoms. The molecule has 0 aliphatic heterocycles. The molecule has 0 aliphatic rings. The summed E-state index contributed by atoms with van der Waals surface area (Å²) in [6, 6.07) is 6.66. The van der Waals surface area contributed by atoms with Crippen LogP contribution in [0.3, 0.4) is 0 Å². The Morgan fingerprint density at radius 2 is 1.92 bits per heavy atom. The molecule has 0 aliphatic carbocycles. The van der Waals surface area contributed by atoms with Crippen molar-refractivity contribution in [3.63, 3.8) is 0 Å². The predicted molar refractivity (Wildman–Crippen MR) is 43.1 cm³/mol. The molecule has 12 heavy (non-hydrogen) atoms. The summed E-state index contributed by atoms with van der Waals surface area (Å²) in [5.41, 5.74) is 0.965. The molecule has 0 unspecified atom stereocenters. The summed E-state index contributed by atoms with van der Waals surface area (Å²) in [4.78, 5) is 0. The van der Waals surface area contributed by atoms with E-state index in [0.29, 0.717) is 0 Å². The van der Waals surface area contributed by atoms with Crippen molar-refractivity contribution in [1.82, 2.24) is 0 Å². The molecule has 0 spiro atoms. The molecular weight excluding hydrogens is 147 g/mol. The van der Waals surface area contributed by atoms with Crippen molar-refractivity contribution in [3.8, 4) is 11.5 Å². The molecule has 0 heterocycles. The monoisotopic (exact) mass is 158 g/mol. The quantitative estimate of drug-likeness (QED) is 0.398. The van der Waals surface area contributed by atoms with Gasteiger partial charge in [0.15, 0.2) is 0 Å². The van der Waals surface area contributed by atoms with Crippen LogP contribution in [-0.4, -0.2) is 14.2 Å². The molecule has 0 amide bonds. The Balaban J connectivity index is 0.00000121. The van der Waals surface area contributed by atoms with Crippen LogP contribution in [-0.2, 0) is 0 Å². The van der Waals surface area contributed by atoms with Gasteiger partial charge in [0, 0.05) is 0 Å². The third-order valence-electron chi connectivity index (χ3n) is 1.52. The number of benzene rings is 1. The van der Waals surface area contributed by atoms with Crippen LogP contribution in [0.1, 0.15) is 5.56 Å². The van der Waals surface area contributed by atoms with E-state index in [1.807, 2.05) is 19.1 Å². The number of methoxy groups -OCH3 is 2. The van der Waals surface area contributed by atoms with Crippen molar-refractivity contribution in [2.75, 3.05) is 14.2 Å². The molecule has 1 rings (SSSR count). The Bertz CT molecular complexity index is 248. The van der Waals surface area contributed by atoms with E-state index in [4.69, 9.17) is 9.47 Å². The smallest absolute Gasteiger partial charge is 0.550 e. The fraction of sp³-hybridized carbons (Fsp3) is 0.333. The SMILES string of the molecule is COc1cc[c-]c(C)c1OC.[Li+]. The van der Waals surface area contributed by atoms with Crippen molar-refractivity contribution < 1.29 is 28.3 Å². The summed E-state index contributed by atoms with van der Waals surface area (Å²) in [6.45, 7) is 1.93. The van der Waals surface area contributed by atoms with E-state index < -0.39 is 0 Å². The Kier molecular flexibility index (Phi) is 4.88. The average molecular weight is 158 g/mol. The number of hydrogen-bond donors (Lipinski definition) is 0. The molecule has 0 saturated carbocycles. The van der Waals surface area contributed by atoms with Crippen LogP contribution >= 0.6 is 0 Å². The van der Waals surface area contributed by atoms with Gasteiger partial charge in [-0.1, -0.05) is 6.92 Å². The van der Waals surface area contributed by atoms with Gasteiger partial charge in [0.05, 0.1) is 25.7 Å². The molecule has 0 radical (unpaired) electrons. The third kappa shape index (κ3) is 2.20. The fourth-order valence-electron chi connectivity index (χ4n) is 0.983. The molecule has 0 atom stereocenters. The van der Waals surface area contributed by atoms with Crippen LogP contribution in [0, 0.1) is 13.0 Å². The van der Waals surface area contributed by atoms with Crippen LogP contribution < -0.4 is 28.3 Å².